The molecule has 0 radical (unpaired) electrons. The van der Waals surface area contributed by atoms with Gasteiger partial charge in [-0.15, -0.1) is 0 Å². The molecule has 0 aliphatic carbocycles. The van der Waals surface area contributed by atoms with Gasteiger partial charge in [0.25, 0.3) is 5.91 Å². The molecule has 21 heavy (non-hydrogen) atoms. The molecule has 0 spiro atoms. The average Bonchev–Trinajstić information content (AvgIpc) is 2.50. The third kappa shape index (κ3) is 4.09. The van der Waals surface area contributed by atoms with E-state index in [-0.39, 0.29) is 5.91 Å². The minimum Gasteiger partial charge on any atom is -0.481 e. The van der Waals surface area contributed by atoms with E-state index in [2.05, 4.69) is 12.2 Å². The van der Waals surface area contributed by atoms with Crippen molar-refractivity contribution in [3.8, 4) is 5.75 Å². The lowest BCUT2D eigenvalue weighted by Crippen LogP contribution is -2.30. The summed E-state index contributed by atoms with van der Waals surface area (Å²) < 4.78 is 5.66. The first kappa shape index (κ1) is 15.1. The molecule has 0 unspecified atom stereocenters. The van der Waals surface area contributed by atoms with Crippen LogP contribution in [0.4, 0.5) is 5.69 Å². The van der Waals surface area contributed by atoms with E-state index in [0.29, 0.717) is 5.75 Å². The van der Waals surface area contributed by atoms with Gasteiger partial charge in [0.05, 0.1) is 0 Å². The lowest BCUT2D eigenvalue weighted by Gasteiger charge is -2.16. The maximum atomic E-state index is 12.2. The van der Waals surface area contributed by atoms with Crippen LogP contribution in [-0.4, -0.2) is 12.0 Å². The molecule has 2 rings (SSSR count). The largest absolute Gasteiger partial charge is 0.481 e. The minimum absolute atomic E-state index is 0.142. The van der Waals surface area contributed by atoms with Crippen LogP contribution in [0.15, 0.2) is 48.5 Å². The average molecular weight is 283 g/mol. The number of hydrogen-bond donors (Lipinski definition) is 1. The van der Waals surface area contributed by atoms with Crippen LogP contribution < -0.4 is 10.1 Å². The Hall–Kier alpha value is -2.29. The van der Waals surface area contributed by atoms with Gasteiger partial charge >= 0.3 is 0 Å². The Kier molecular flexibility index (Phi) is 4.99. The third-order valence-corrected chi connectivity index (χ3v) is 3.36. The molecular formula is C18H21NO2. The van der Waals surface area contributed by atoms with Gasteiger partial charge in [-0.3, -0.25) is 4.79 Å². The standard InChI is InChI=1S/C18H21NO2/c1-4-15-7-5-6-8-17(15)19-18(20)14(3)21-16-11-9-13(2)10-12-16/h5-12,14H,4H2,1-3H3,(H,19,20)/t14-/m0/s1. The summed E-state index contributed by atoms with van der Waals surface area (Å²) in [5.74, 6) is 0.559. The number of amides is 1. The van der Waals surface area contributed by atoms with E-state index in [1.807, 2.05) is 55.5 Å². The molecule has 0 heterocycles. The van der Waals surface area contributed by atoms with E-state index < -0.39 is 6.10 Å². The molecule has 0 aromatic heterocycles. The van der Waals surface area contributed by atoms with Crippen LogP contribution in [0.1, 0.15) is 25.0 Å². The van der Waals surface area contributed by atoms with Gasteiger partial charge in [-0.05, 0) is 44.0 Å². The van der Waals surface area contributed by atoms with E-state index in [1.54, 1.807) is 6.92 Å². The predicted octanol–water partition coefficient (Wildman–Crippen LogP) is 3.96. The summed E-state index contributed by atoms with van der Waals surface area (Å²) in [4.78, 5) is 12.2. The lowest BCUT2D eigenvalue weighted by molar-refractivity contribution is -0.122. The molecule has 3 heteroatoms. The summed E-state index contributed by atoms with van der Waals surface area (Å²) in [6, 6.07) is 15.5. The van der Waals surface area contributed by atoms with Crippen LogP contribution in [0, 0.1) is 6.92 Å². The molecule has 0 saturated heterocycles. The van der Waals surface area contributed by atoms with Crippen LogP contribution in [0.3, 0.4) is 0 Å². The number of para-hydroxylation sites is 1. The zero-order chi connectivity index (χ0) is 15.2. The van der Waals surface area contributed by atoms with Crippen LogP contribution in [0.2, 0.25) is 0 Å². The Balaban J connectivity index is 2.01. The first-order chi connectivity index (χ1) is 10.1. The van der Waals surface area contributed by atoms with E-state index >= 15 is 0 Å². The quantitative estimate of drug-likeness (QED) is 0.902. The van der Waals surface area contributed by atoms with Crippen molar-refractivity contribution in [2.45, 2.75) is 33.3 Å². The molecule has 0 aliphatic rings. The van der Waals surface area contributed by atoms with Gasteiger partial charge in [-0.2, -0.15) is 0 Å². The number of benzene rings is 2. The normalized spacial score (nSPS) is 11.8. The molecule has 1 N–H and O–H groups in total. The fourth-order valence-electron chi connectivity index (χ4n) is 2.06. The number of ether oxygens (including phenoxy) is 1. The van der Waals surface area contributed by atoms with Gasteiger partial charge in [0.1, 0.15) is 5.75 Å². The fourth-order valence-corrected chi connectivity index (χ4v) is 2.06. The summed E-state index contributed by atoms with van der Waals surface area (Å²) in [7, 11) is 0. The molecule has 110 valence electrons. The second-order valence-corrected chi connectivity index (χ2v) is 5.07. The lowest BCUT2D eigenvalue weighted by atomic mass is 10.1. The van der Waals surface area contributed by atoms with Crippen molar-refractivity contribution >= 4 is 11.6 Å². The van der Waals surface area contributed by atoms with Crippen LogP contribution in [0.25, 0.3) is 0 Å². The second-order valence-electron chi connectivity index (χ2n) is 5.07. The van der Waals surface area contributed by atoms with Gasteiger partial charge in [0.2, 0.25) is 0 Å². The highest BCUT2D eigenvalue weighted by atomic mass is 16.5. The van der Waals surface area contributed by atoms with Crippen LogP contribution >= 0.6 is 0 Å². The Morgan fingerprint density at radius 1 is 1.14 bits per heavy atom. The Labute approximate surface area is 126 Å². The number of rotatable bonds is 5. The molecule has 1 atom stereocenters. The van der Waals surface area contributed by atoms with Crippen molar-refractivity contribution in [2.24, 2.45) is 0 Å². The van der Waals surface area contributed by atoms with E-state index in [1.165, 1.54) is 0 Å². The van der Waals surface area contributed by atoms with Gasteiger partial charge in [-0.1, -0.05) is 42.8 Å². The van der Waals surface area contributed by atoms with Gasteiger partial charge in [0, 0.05) is 5.69 Å². The summed E-state index contributed by atoms with van der Waals surface area (Å²) in [5, 5.41) is 2.93. The minimum atomic E-state index is -0.544. The van der Waals surface area contributed by atoms with Crippen molar-refractivity contribution in [3.63, 3.8) is 0 Å². The topological polar surface area (TPSA) is 38.3 Å². The molecule has 1 amide bonds. The highest BCUT2D eigenvalue weighted by Crippen LogP contribution is 2.17. The van der Waals surface area contributed by atoms with E-state index in [0.717, 1.165) is 23.2 Å². The number of anilines is 1. The summed E-state index contributed by atoms with van der Waals surface area (Å²) >= 11 is 0. The van der Waals surface area contributed by atoms with Gasteiger partial charge < -0.3 is 10.1 Å². The SMILES string of the molecule is CCc1ccccc1NC(=O)[C@H](C)Oc1ccc(C)cc1. The number of carbonyl (C=O) groups is 1. The molecule has 0 aliphatic heterocycles. The molecule has 3 nitrogen and oxygen atoms in total. The first-order valence-electron chi connectivity index (χ1n) is 7.22. The van der Waals surface area contributed by atoms with Gasteiger partial charge in [0.15, 0.2) is 6.10 Å². The smallest absolute Gasteiger partial charge is 0.265 e. The zero-order valence-electron chi connectivity index (χ0n) is 12.7. The van der Waals surface area contributed by atoms with Crippen LogP contribution in [-0.2, 0) is 11.2 Å². The number of aryl methyl sites for hydroxylation is 2. The fraction of sp³-hybridized carbons (Fsp3) is 0.278. The summed E-state index contributed by atoms with van der Waals surface area (Å²) in [6.45, 7) is 5.84. The van der Waals surface area contributed by atoms with Crippen molar-refractivity contribution in [1.29, 1.82) is 0 Å². The van der Waals surface area contributed by atoms with E-state index in [4.69, 9.17) is 4.74 Å². The second kappa shape index (κ2) is 6.93. The van der Waals surface area contributed by atoms with Crippen molar-refractivity contribution < 1.29 is 9.53 Å². The van der Waals surface area contributed by atoms with Gasteiger partial charge in [-0.25, -0.2) is 0 Å². The van der Waals surface area contributed by atoms with Crippen molar-refractivity contribution in [1.82, 2.24) is 0 Å². The maximum Gasteiger partial charge on any atom is 0.265 e. The third-order valence-electron chi connectivity index (χ3n) is 3.36. The highest BCUT2D eigenvalue weighted by Gasteiger charge is 2.15. The van der Waals surface area contributed by atoms with E-state index in [9.17, 15) is 4.79 Å². The van der Waals surface area contributed by atoms with Crippen LogP contribution in [0.5, 0.6) is 5.75 Å². The Morgan fingerprint density at radius 3 is 2.48 bits per heavy atom. The monoisotopic (exact) mass is 283 g/mol. The molecule has 0 fully saturated rings. The molecule has 2 aromatic rings. The summed E-state index contributed by atoms with van der Waals surface area (Å²) in [5.41, 5.74) is 3.13. The number of nitrogens with one attached hydrogen (secondary N) is 1. The first-order valence-corrected chi connectivity index (χ1v) is 7.22. The Bertz CT molecular complexity index is 605. The molecule has 0 bridgehead atoms. The molecule has 2 aromatic carbocycles. The van der Waals surface area contributed by atoms with Crippen molar-refractivity contribution in [3.05, 3.63) is 59.7 Å². The predicted molar refractivity (Wildman–Crippen MR) is 85.7 cm³/mol. The summed E-state index contributed by atoms with van der Waals surface area (Å²) in [6.07, 6.45) is 0.335. The number of carbonyl (C=O) groups excluding carboxylic acids is 1. The highest BCUT2D eigenvalue weighted by molar-refractivity contribution is 5.94. The Morgan fingerprint density at radius 2 is 1.81 bits per heavy atom. The zero-order valence-corrected chi connectivity index (χ0v) is 12.7. The number of hydrogen-bond acceptors (Lipinski definition) is 2. The molecule has 0 saturated carbocycles. The van der Waals surface area contributed by atoms with Crippen molar-refractivity contribution in [2.75, 3.05) is 5.32 Å². The maximum absolute atomic E-state index is 12.2. The molecular weight excluding hydrogens is 262 g/mol.